The summed E-state index contributed by atoms with van der Waals surface area (Å²) in [6.07, 6.45) is 1.71. The van der Waals surface area contributed by atoms with Crippen molar-refractivity contribution < 1.29 is 23.7 Å². The highest BCUT2D eigenvalue weighted by atomic mass is 79.9. The third kappa shape index (κ3) is 3.45. The second-order valence-corrected chi connectivity index (χ2v) is 7.76. The van der Waals surface area contributed by atoms with E-state index in [1.54, 1.807) is 18.2 Å². The fourth-order valence-electron chi connectivity index (χ4n) is 3.18. The van der Waals surface area contributed by atoms with Gasteiger partial charge in [0.2, 0.25) is 5.78 Å². The molecule has 0 fully saturated rings. The number of carbonyl (C=O) groups excluding carboxylic acids is 1. The molecule has 0 radical (unpaired) electrons. The van der Waals surface area contributed by atoms with Gasteiger partial charge in [-0.2, -0.15) is 0 Å². The van der Waals surface area contributed by atoms with Crippen LogP contribution in [0.2, 0.25) is 0 Å². The van der Waals surface area contributed by atoms with Gasteiger partial charge in [0, 0.05) is 21.2 Å². The van der Waals surface area contributed by atoms with Gasteiger partial charge in [-0.15, -0.1) is 0 Å². The van der Waals surface area contributed by atoms with Crippen molar-refractivity contribution in [3.63, 3.8) is 0 Å². The van der Waals surface area contributed by atoms with Crippen molar-refractivity contribution in [2.45, 2.75) is 20.5 Å². The van der Waals surface area contributed by atoms with Gasteiger partial charge in [0.05, 0.1) is 12.2 Å². The van der Waals surface area contributed by atoms with Gasteiger partial charge in [0.15, 0.2) is 12.6 Å². The van der Waals surface area contributed by atoms with E-state index in [4.69, 9.17) is 18.9 Å². The minimum Gasteiger partial charge on any atom is -0.489 e. The van der Waals surface area contributed by atoms with Crippen molar-refractivity contribution in [3.05, 3.63) is 68.9 Å². The maximum Gasteiger partial charge on any atom is 0.231 e. The quantitative estimate of drug-likeness (QED) is 0.481. The molecule has 0 spiro atoms. The molecule has 0 aromatic heterocycles. The van der Waals surface area contributed by atoms with Crippen LogP contribution in [0.15, 0.2) is 46.6 Å². The van der Waals surface area contributed by atoms with Gasteiger partial charge in [0.25, 0.3) is 0 Å². The first-order chi connectivity index (χ1) is 13.4. The first kappa shape index (κ1) is 18.8. The molecule has 4 rings (SSSR count). The normalized spacial score (nSPS) is 16.2. The van der Waals surface area contributed by atoms with E-state index in [-0.39, 0.29) is 18.3 Å². The van der Waals surface area contributed by atoms with Gasteiger partial charge in [-0.3, -0.25) is 4.79 Å². The second-order valence-electron chi connectivity index (χ2n) is 6.84. The number of fused-ring (bicyclic) bond motifs is 2. The van der Waals surface area contributed by atoms with E-state index in [1.165, 1.54) is 0 Å². The van der Waals surface area contributed by atoms with Gasteiger partial charge in [-0.1, -0.05) is 22.5 Å². The summed E-state index contributed by atoms with van der Waals surface area (Å²) in [6.45, 7) is 8.68. The summed E-state index contributed by atoms with van der Waals surface area (Å²) in [7, 11) is 0. The number of carbonyl (C=O) groups is 1. The monoisotopic (exact) mass is 442 g/mol. The van der Waals surface area contributed by atoms with Crippen LogP contribution in [-0.4, -0.2) is 19.2 Å². The number of ketones is 1. The van der Waals surface area contributed by atoms with Crippen molar-refractivity contribution in [3.8, 4) is 17.2 Å². The topological polar surface area (TPSA) is 54.0 Å². The zero-order valence-electron chi connectivity index (χ0n) is 15.6. The summed E-state index contributed by atoms with van der Waals surface area (Å²) in [5.41, 5.74) is 3.92. The number of allylic oxidation sites excluding steroid dienone is 1. The molecule has 6 heteroatoms. The zero-order valence-corrected chi connectivity index (χ0v) is 17.2. The summed E-state index contributed by atoms with van der Waals surface area (Å²) >= 11 is 3.49. The van der Waals surface area contributed by atoms with Crippen LogP contribution in [0.4, 0.5) is 0 Å². The fourth-order valence-corrected chi connectivity index (χ4v) is 3.71. The van der Waals surface area contributed by atoms with E-state index in [0.29, 0.717) is 36.0 Å². The third-order valence-corrected chi connectivity index (χ3v) is 4.96. The summed E-state index contributed by atoms with van der Waals surface area (Å²) < 4.78 is 23.5. The van der Waals surface area contributed by atoms with E-state index in [0.717, 1.165) is 26.7 Å². The lowest BCUT2D eigenvalue weighted by atomic mass is 10.0. The van der Waals surface area contributed by atoms with Crippen molar-refractivity contribution in [1.29, 1.82) is 0 Å². The van der Waals surface area contributed by atoms with Crippen LogP contribution in [0.25, 0.3) is 6.08 Å². The lowest BCUT2D eigenvalue weighted by Gasteiger charge is -2.20. The molecule has 2 aromatic rings. The molecule has 0 saturated heterocycles. The average molecular weight is 443 g/mol. The Labute approximate surface area is 171 Å². The fraction of sp³-hybridized carbons (Fsp3) is 0.227. The molecule has 2 heterocycles. The largest absolute Gasteiger partial charge is 0.489 e. The van der Waals surface area contributed by atoms with Crippen LogP contribution in [0.1, 0.15) is 34.0 Å². The molecule has 28 heavy (non-hydrogen) atoms. The van der Waals surface area contributed by atoms with E-state index >= 15 is 0 Å². The number of Topliss-reactive ketones (excluding diaryl/α,β-unsaturated/α-hetero) is 1. The minimum absolute atomic E-state index is 0.162. The second kappa shape index (κ2) is 7.45. The predicted octanol–water partition coefficient (Wildman–Crippen LogP) is 5.20. The molecule has 0 aliphatic carbocycles. The van der Waals surface area contributed by atoms with Crippen LogP contribution in [0.5, 0.6) is 17.2 Å². The first-order valence-electron chi connectivity index (χ1n) is 8.82. The molecule has 144 valence electrons. The lowest BCUT2D eigenvalue weighted by Crippen LogP contribution is -2.12. The Morgan fingerprint density at radius 3 is 2.93 bits per heavy atom. The number of hydrogen-bond donors (Lipinski definition) is 0. The Morgan fingerprint density at radius 1 is 1.32 bits per heavy atom. The number of hydrogen-bond acceptors (Lipinski definition) is 5. The van der Waals surface area contributed by atoms with Crippen LogP contribution >= 0.6 is 15.9 Å². The van der Waals surface area contributed by atoms with Crippen LogP contribution in [-0.2, 0) is 11.3 Å². The Morgan fingerprint density at radius 2 is 2.14 bits per heavy atom. The van der Waals surface area contributed by atoms with Crippen molar-refractivity contribution in [2.75, 3.05) is 13.4 Å². The molecular formula is C22H19BrO5. The van der Waals surface area contributed by atoms with E-state index < -0.39 is 0 Å². The Balaban J connectivity index is 1.69. The molecule has 2 aliphatic heterocycles. The summed E-state index contributed by atoms with van der Waals surface area (Å²) in [5, 5.41) is 0. The van der Waals surface area contributed by atoms with Crippen LogP contribution in [0, 0.1) is 6.92 Å². The highest BCUT2D eigenvalue weighted by molar-refractivity contribution is 9.10. The van der Waals surface area contributed by atoms with E-state index in [9.17, 15) is 4.79 Å². The zero-order chi connectivity index (χ0) is 19.8. The molecule has 2 aromatic carbocycles. The SMILES string of the molecule is C=C(C)COc1ccc2c(c1C)O/C(=C\c1cc(Br)cc3c1OCOC3)C2=O. The number of benzene rings is 2. The van der Waals surface area contributed by atoms with Gasteiger partial charge >= 0.3 is 0 Å². The third-order valence-electron chi connectivity index (χ3n) is 4.50. The maximum absolute atomic E-state index is 12.9. The maximum atomic E-state index is 12.9. The Kier molecular flexibility index (Phi) is 5.00. The minimum atomic E-state index is -0.162. The van der Waals surface area contributed by atoms with Gasteiger partial charge in [-0.05, 0) is 49.8 Å². The first-order valence-corrected chi connectivity index (χ1v) is 9.61. The highest BCUT2D eigenvalue weighted by Gasteiger charge is 2.31. The summed E-state index contributed by atoms with van der Waals surface area (Å²) in [4.78, 5) is 12.9. The number of rotatable bonds is 4. The smallest absolute Gasteiger partial charge is 0.231 e. The molecule has 0 N–H and O–H groups in total. The number of halogens is 1. The molecule has 0 saturated carbocycles. The molecule has 0 bridgehead atoms. The number of ether oxygens (including phenoxy) is 4. The molecule has 0 amide bonds. The van der Waals surface area contributed by atoms with Crippen molar-refractivity contribution >= 4 is 27.8 Å². The van der Waals surface area contributed by atoms with Gasteiger partial charge in [0.1, 0.15) is 23.9 Å². The molecular weight excluding hydrogens is 424 g/mol. The van der Waals surface area contributed by atoms with E-state index in [1.807, 2.05) is 26.0 Å². The molecule has 2 aliphatic rings. The lowest BCUT2D eigenvalue weighted by molar-refractivity contribution is -0.0165. The average Bonchev–Trinajstić information content (AvgIpc) is 2.98. The van der Waals surface area contributed by atoms with Crippen molar-refractivity contribution in [1.82, 2.24) is 0 Å². The van der Waals surface area contributed by atoms with Gasteiger partial charge in [-0.25, -0.2) is 0 Å². The molecule has 0 unspecified atom stereocenters. The summed E-state index contributed by atoms with van der Waals surface area (Å²) in [6, 6.07) is 7.37. The highest BCUT2D eigenvalue weighted by Crippen LogP contribution is 2.40. The standard InChI is InChI=1S/C22H19BrO5/c1-12(2)9-26-18-5-4-17-20(24)19(28-21(17)13(18)3)8-14-6-16(23)7-15-10-25-11-27-22(14)15/h4-8H,1,9-11H2,2-3H3/b19-8-. The summed E-state index contributed by atoms with van der Waals surface area (Å²) in [5.74, 6) is 2.01. The van der Waals surface area contributed by atoms with Crippen LogP contribution < -0.4 is 14.2 Å². The molecule has 5 nitrogen and oxygen atoms in total. The molecule has 0 atom stereocenters. The van der Waals surface area contributed by atoms with Gasteiger partial charge < -0.3 is 18.9 Å². The van der Waals surface area contributed by atoms with Crippen molar-refractivity contribution in [2.24, 2.45) is 0 Å². The van der Waals surface area contributed by atoms with Crippen LogP contribution in [0.3, 0.4) is 0 Å². The Hall–Kier alpha value is -2.57. The predicted molar refractivity (Wildman–Crippen MR) is 109 cm³/mol. The van der Waals surface area contributed by atoms with E-state index in [2.05, 4.69) is 22.5 Å². The Bertz CT molecular complexity index is 1020.